The van der Waals surface area contributed by atoms with Gasteiger partial charge in [-0.3, -0.25) is 0 Å². The minimum absolute atomic E-state index is 0.205. The predicted molar refractivity (Wildman–Crippen MR) is 62.8 cm³/mol. The number of ether oxygens (including phenoxy) is 1. The van der Waals surface area contributed by atoms with E-state index in [0.717, 1.165) is 6.42 Å². The molecule has 0 aliphatic rings. The third-order valence-corrected chi connectivity index (χ3v) is 3.62. The fraction of sp³-hybridized carbons (Fsp3) is 0.800. The monoisotopic (exact) mass is 235 g/mol. The Morgan fingerprint density at radius 1 is 1.33 bits per heavy atom. The molecule has 0 aromatic rings. The fourth-order valence-corrected chi connectivity index (χ4v) is 1.65. The van der Waals surface area contributed by atoms with Gasteiger partial charge in [-0.1, -0.05) is 13.0 Å². The first-order valence-corrected chi connectivity index (χ1v) is 7.04. The average Bonchev–Trinajstić information content (AvgIpc) is 2.22. The zero-order valence-corrected chi connectivity index (χ0v) is 10.2. The van der Waals surface area contributed by atoms with Gasteiger partial charge in [0.15, 0.2) is 9.84 Å². The van der Waals surface area contributed by atoms with E-state index in [2.05, 4.69) is 11.9 Å². The van der Waals surface area contributed by atoms with Gasteiger partial charge in [0.25, 0.3) is 0 Å². The van der Waals surface area contributed by atoms with Crippen LogP contribution >= 0.6 is 0 Å². The predicted octanol–water partition coefficient (Wildman–Crippen LogP) is 0.603. The van der Waals surface area contributed by atoms with Crippen molar-refractivity contribution in [2.45, 2.75) is 13.3 Å². The maximum Gasteiger partial charge on any atom is 0.151 e. The van der Waals surface area contributed by atoms with Crippen molar-refractivity contribution in [2.24, 2.45) is 0 Å². The Morgan fingerprint density at radius 2 is 2.07 bits per heavy atom. The molecule has 0 heterocycles. The molecule has 0 spiro atoms. The summed E-state index contributed by atoms with van der Waals surface area (Å²) >= 11 is 0. The van der Waals surface area contributed by atoms with Crippen molar-refractivity contribution >= 4 is 9.84 Å². The largest absolute Gasteiger partial charge is 0.380 e. The van der Waals surface area contributed by atoms with Crippen LogP contribution in [0.4, 0.5) is 0 Å². The molecule has 0 saturated carbocycles. The zero-order chi connectivity index (χ0) is 11.6. The van der Waals surface area contributed by atoms with Crippen molar-refractivity contribution in [2.75, 3.05) is 37.8 Å². The molecule has 0 saturated heterocycles. The molecule has 5 heteroatoms. The van der Waals surface area contributed by atoms with Crippen LogP contribution in [0.1, 0.15) is 13.3 Å². The van der Waals surface area contributed by atoms with Crippen molar-refractivity contribution in [1.82, 2.24) is 5.32 Å². The minimum Gasteiger partial charge on any atom is -0.380 e. The summed E-state index contributed by atoms with van der Waals surface area (Å²) in [6.45, 7) is 7.72. The number of hydrogen-bond acceptors (Lipinski definition) is 4. The van der Waals surface area contributed by atoms with Gasteiger partial charge in [0, 0.05) is 18.8 Å². The van der Waals surface area contributed by atoms with Crippen LogP contribution in [-0.2, 0) is 14.6 Å². The highest BCUT2D eigenvalue weighted by molar-refractivity contribution is 7.91. The molecule has 0 aromatic heterocycles. The highest BCUT2D eigenvalue weighted by Crippen LogP contribution is 1.87. The van der Waals surface area contributed by atoms with Gasteiger partial charge in [-0.25, -0.2) is 8.42 Å². The molecular weight excluding hydrogens is 214 g/mol. The fourth-order valence-electron chi connectivity index (χ4n) is 0.910. The summed E-state index contributed by atoms with van der Waals surface area (Å²) in [6.07, 6.45) is 2.66. The Kier molecular flexibility index (Phi) is 8.65. The molecule has 90 valence electrons. The molecule has 0 bridgehead atoms. The molecule has 0 aliphatic carbocycles. The van der Waals surface area contributed by atoms with Crippen LogP contribution in [0.5, 0.6) is 0 Å². The van der Waals surface area contributed by atoms with Crippen LogP contribution < -0.4 is 5.32 Å². The van der Waals surface area contributed by atoms with Crippen molar-refractivity contribution in [3.05, 3.63) is 12.7 Å². The molecule has 0 amide bonds. The van der Waals surface area contributed by atoms with Gasteiger partial charge in [-0.2, -0.15) is 0 Å². The molecule has 4 nitrogen and oxygen atoms in total. The quantitative estimate of drug-likeness (QED) is 0.445. The molecule has 0 atom stereocenters. The zero-order valence-electron chi connectivity index (χ0n) is 9.37. The molecule has 0 rings (SSSR count). The van der Waals surface area contributed by atoms with Crippen molar-refractivity contribution in [1.29, 1.82) is 0 Å². The van der Waals surface area contributed by atoms with E-state index in [-0.39, 0.29) is 11.5 Å². The van der Waals surface area contributed by atoms with Crippen LogP contribution in [0.3, 0.4) is 0 Å². The summed E-state index contributed by atoms with van der Waals surface area (Å²) < 4.78 is 27.4. The number of hydrogen-bond donors (Lipinski definition) is 1. The normalized spacial score (nSPS) is 11.5. The minimum atomic E-state index is -2.84. The molecule has 0 unspecified atom stereocenters. The Labute approximate surface area is 92.6 Å². The third-order valence-electron chi connectivity index (χ3n) is 1.92. The summed E-state index contributed by atoms with van der Waals surface area (Å²) in [6, 6.07) is 0. The van der Waals surface area contributed by atoms with E-state index in [1.54, 1.807) is 13.0 Å². The second-order valence-electron chi connectivity index (χ2n) is 3.18. The topological polar surface area (TPSA) is 55.4 Å². The van der Waals surface area contributed by atoms with Gasteiger partial charge in [-0.05, 0) is 6.42 Å². The summed E-state index contributed by atoms with van der Waals surface area (Å²) in [4.78, 5) is 0. The van der Waals surface area contributed by atoms with E-state index in [0.29, 0.717) is 26.3 Å². The molecular formula is C10H21NO3S. The Balaban J connectivity index is 3.22. The first-order valence-electron chi connectivity index (χ1n) is 5.22. The maximum atomic E-state index is 11.1. The summed E-state index contributed by atoms with van der Waals surface area (Å²) in [7, 11) is -2.84. The van der Waals surface area contributed by atoms with Crippen LogP contribution in [0, 0.1) is 0 Å². The lowest BCUT2D eigenvalue weighted by Gasteiger charge is -2.05. The van der Waals surface area contributed by atoms with E-state index in [1.807, 2.05) is 0 Å². The highest BCUT2D eigenvalue weighted by atomic mass is 32.2. The van der Waals surface area contributed by atoms with Gasteiger partial charge in [0.1, 0.15) is 0 Å². The first-order chi connectivity index (χ1) is 7.12. The third kappa shape index (κ3) is 9.90. The van der Waals surface area contributed by atoms with Gasteiger partial charge in [0.05, 0.1) is 19.0 Å². The summed E-state index contributed by atoms with van der Waals surface area (Å²) in [5, 5.41) is 3.02. The standard InChI is InChI=1S/C10H21NO3S/c1-3-5-8-14-9-6-11-7-10-15(12,13)4-2/h3,11H,1,4-10H2,2H3. The number of rotatable bonds is 10. The number of nitrogens with one attached hydrogen (secondary N) is 1. The molecule has 0 radical (unpaired) electrons. The summed E-state index contributed by atoms with van der Waals surface area (Å²) in [5.41, 5.74) is 0. The van der Waals surface area contributed by atoms with Crippen LogP contribution in [0.25, 0.3) is 0 Å². The second-order valence-corrected chi connectivity index (χ2v) is 5.65. The van der Waals surface area contributed by atoms with E-state index in [1.165, 1.54) is 0 Å². The maximum absolute atomic E-state index is 11.1. The Hall–Kier alpha value is -0.390. The average molecular weight is 235 g/mol. The van der Waals surface area contributed by atoms with Crippen LogP contribution in [0.2, 0.25) is 0 Å². The van der Waals surface area contributed by atoms with Crippen molar-refractivity contribution in [3.63, 3.8) is 0 Å². The van der Waals surface area contributed by atoms with E-state index < -0.39 is 9.84 Å². The van der Waals surface area contributed by atoms with Crippen LogP contribution in [-0.4, -0.2) is 46.2 Å². The molecule has 0 fully saturated rings. The molecule has 0 aromatic carbocycles. The van der Waals surface area contributed by atoms with Crippen molar-refractivity contribution in [3.8, 4) is 0 Å². The lowest BCUT2D eigenvalue weighted by Crippen LogP contribution is -2.27. The van der Waals surface area contributed by atoms with Gasteiger partial charge < -0.3 is 10.1 Å². The molecule has 15 heavy (non-hydrogen) atoms. The first kappa shape index (κ1) is 14.6. The van der Waals surface area contributed by atoms with Gasteiger partial charge in [-0.15, -0.1) is 6.58 Å². The van der Waals surface area contributed by atoms with Gasteiger partial charge >= 0.3 is 0 Å². The van der Waals surface area contributed by atoms with Crippen molar-refractivity contribution < 1.29 is 13.2 Å². The number of sulfone groups is 1. The Bertz CT molecular complexity index is 249. The summed E-state index contributed by atoms with van der Waals surface area (Å²) in [5.74, 6) is 0.417. The lowest BCUT2D eigenvalue weighted by molar-refractivity contribution is 0.141. The van der Waals surface area contributed by atoms with Crippen LogP contribution in [0.15, 0.2) is 12.7 Å². The van der Waals surface area contributed by atoms with E-state index >= 15 is 0 Å². The Morgan fingerprint density at radius 3 is 2.67 bits per heavy atom. The van der Waals surface area contributed by atoms with E-state index in [4.69, 9.17) is 4.74 Å². The smallest absolute Gasteiger partial charge is 0.151 e. The molecule has 0 aliphatic heterocycles. The lowest BCUT2D eigenvalue weighted by atomic mass is 10.4. The SMILES string of the molecule is C=CCCOCCNCCS(=O)(=O)CC. The van der Waals surface area contributed by atoms with E-state index in [9.17, 15) is 8.42 Å². The second kappa shape index (κ2) is 8.88. The van der Waals surface area contributed by atoms with Gasteiger partial charge in [0.2, 0.25) is 0 Å². The highest BCUT2D eigenvalue weighted by Gasteiger charge is 2.05. The molecule has 1 N–H and O–H groups in total.